The summed E-state index contributed by atoms with van der Waals surface area (Å²) in [6, 6.07) is 26.1. The number of rotatable bonds is 3. The molecule has 0 aliphatic heterocycles. The molecule has 3 aromatic rings. The van der Waals surface area contributed by atoms with E-state index in [4.69, 9.17) is 16.3 Å². The lowest BCUT2D eigenvalue weighted by atomic mass is 10.0. The van der Waals surface area contributed by atoms with Crippen LogP contribution in [-0.2, 0) is 0 Å². The summed E-state index contributed by atoms with van der Waals surface area (Å²) >= 11 is 6.27. The lowest BCUT2D eigenvalue weighted by Gasteiger charge is -2.12. The second kappa shape index (κ2) is 5.81. The van der Waals surface area contributed by atoms with Gasteiger partial charge in [-0.25, -0.2) is 0 Å². The highest BCUT2D eigenvalue weighted by Crippen LogP contribution is 2.36. The summed E-state index contributed by atoms with van der Waals surface area (Å²) in [6.45, 7) is 0. The van der Waals surface area contributed by atoms with Crippen LogP contribution in [0, 0.1) is 6.07 Å². The zero-order valence-corrected chi connectivity index (χ0v) is 11.5. The van der Waals surface area contributed by atoms with Crippen molar-refractivity contribution in [2.75, 3.05) is 0 Å². The molecule has 0 saturated heterocycles. The molecular formula is C18H12ClO. The predicted molar refractivity (Wildman–Crippen MR) is 82.2 cm³/mol. The van der Waals surface area contributed by atoms with Gasteiger partial charge in [0.05, 0.1) is 0 Å². The van der Waals surface area contributed by atoms with E-state index in [0.29, 0.717) is 5.02 Å². The first-order valence-electron chi connectivity index (χ1n) is 6.32. The van der Waals surface area contributed by atoms with Gasteiger partial charge in [0.2, 0.25) is 0 Å². The second-order valence-electron chi connectivity index (χ2n) is 4.32. The van der Waals surface area contributed by atoms with Crippen molar-refractivity contribution >= 4 is 11.6 Å². The van der Waals surface area contributed by atoms with Crippen molar-refractivity contribution in [3.05, 3.63) is 83.9 Å². The largest absolute Gasteiger partial charge is 0.457 e. The number of halogens is 1. The Morgan fingerprint density at radius 3 is 2.35 bits per heavy atom. The Kier molecular flexibility index (Phi) is 3.71. The normalized spacial score (nSPS) is 10.2. The van der Waals surface area contributed by atoms with Crippen molar-refractivity contribution in [1.82, 2.24) is 0 Å². The summed E-state index contributed by atoms with van der Waals surface area (Å²) in [4.78, 5) is 0. The first-order chi connectivity index (χ1) is 9.84. The Labute approximate surface area is 123 Å². The van der Waals surface area contributed by atoms with Crippen LogP contribution in [0.5, 0.6) is 11.5 Å². The quantitative estimate of drug-likeness (QED) is 0.606. The van der Waals surface area contributed by atoms with Gasteiger partial charge in [0.25, 0.3) is 0 Å². The third-order valence-corrected chi connectivity index (χ3v) is 3.29. The maximum absolute atomic E-state index is 6.27. The van der Waals surface area contributed by atoms with Gasteiger partial charge in [-0.05, 0) is 36.4 Å². The van der Waals surface area contributed by atoms with Crippen molar-refractivity contribution in [1.29, 1.82) is 0 Å². The average molecular weight is 280 g/mol. The SMILES string of the molecule is Clc1ccccc1-c1cc[c]cc1Oc1ccccc1. The highest BCUT2D eigenvalue weighted by atomic mass is 35.5. The van der Waals surface area contributed by atoms with Crippen molar-refractivity contribution in [3.8, 4) is 22.6 Å². The van der Waals surface area contributed by atoms with Gasteiger partial charge in [-0.15, -0.1) is 0 Å². The van der Waals surface area contributed by atoms with Crippen LogP contribution in [0.25, 0.3) is 11.1 Å². The van der Waals surface area contributed by atoms with Crippen molar-refractivity contribution in [2.24, 2.45) is 0 Å². The molecule has 0 N–H and O–H groups in total. The van der Waals surface area contributed by atoms with Crippen LogP contribution in [0.1, 0.15) is 0 Å². The fourth-order valence-electron chi connectivity index (χ4n) is 2.02. The molecule has 0 saturated carbocycles. The summed E-state index contributed by atoms with van der Waals surface area (Å²) in [6.07, 6.45) is 0. The Morgan fingerprint density at radius 1 is 0.800 bits per heavy atom. The van der Waals surface area contributed by atoms with E-state index >= 15 is 0 Å². The smallest absolute Gasteiger partial charge is 0.135 e. The molecule has 0 unspecified atom stereocenters. The third kappa shape index (κ3) is 2.68. The van der Waals surface area contributed by atoms with E-state index in [2.05, 4.69) is 6.07 Å². The Bertz CT molecular complexity index is 707. The molecular weight excluding hydrogens is 268 g/mol. The zero-order chi connectivity index (χ0) is 13.8. The lowest BCUT2D eigenvalue weighted by molar-refractivity contribution is 0.484. The van der Waals surface area contributed by atoms with E-state index in [9.17, 15) is 0 Å². The van der Waals surface area contributed by atoms with E-state index in [-0.39, 0.29) is 0 Å². The summed E-state index contributed by atoms with van der Waals surface area (Å²) in [5.41, 5.74) is 1.91. The fourth-order valence-corrected chi connectivity index (χ4v) is 2.25. The van der Waals surface area contributed by atoms with Gasteiger partial charge in [-0.2, -0.15) is 0 Å². The molecule has 2 heteroatoms. The third-order valence-electron chi connectivity index (χ3n) is 2.96. The summed E-state index contributed by atoms with van der Waals surface area (Å²) < 4.78 is 5.93. The summed E-state index contributed by atoms with van der Waals surface area (Å²) in [7, 11) is 0. The van der Waals surface area contributed by atoms with Crippen LogP contribution < -0.4 is 4.74 Å². The average Bonchev–Trinajstić information content (AvgIpc) is 2.50. The minimum Gasteiger partial charge on any atom is -0.457 e. The summed E-state index contributed by atoms with van der Waals surface area (Å²) in [5.74, 6) is 1.53. The van der Waals surface area contributed by atoms with Crippen LogP contribution >= 0.6 is 11.6 Å². The van der Waals surface area contributed by atoms with Crippen LogP contribution in [0.2, 0.25) is 5.02 Å². The van der Waals surface area contributed by atoms with Gasteiger partial charge >= 0.3 is 0 Å². The van der Waals surface area contributed by atoms with Crippen molar-refractivity contribution < 1.29 is 4.74 Å². The molecule has 3 rings (SSSR count). The Morgan fingerprint density at radius 2 is 1.55 bits per heavy atom. The Hall–Kier alpha value is -2.25. The molecule has 97 valence electrons. The van der Waals surface area contributed by atoms with E-state index < -0.39 is 0 Å². The molecule has 3 aromatic carbocycles. The fraction of sp³-hybridized carbons (Fsp3) is 0. The van der Waals surface area contributed by atoms with Gasteiger partial charge in [0, 0.05) is 16.1 Å². The van der Waals surface area contributed by atoms with Gasteiger partial charge < -0.3 is 4.74 Å². The van der Waals surface area contributed by atoms with Crippen LogP contribution in [0.3, 0.4) is 0 Å². The van der Waals surface area contributed by atoms with Crippen LogP contribution in [0.15, 0.2) is 72.8 Å². The second-order valence-corrected chi connectivity index (χ2v) is 4.72. The topological polar surface area (TPSA) is 9.23 Å². The molecule has 0 atom stereocenters. The standard InChI is InChI=1S/C18H12ClO/c19-17-12-6-4-10-15(17)16-11-5-7-13-18(16)20-14-8-2-1-3-9-14/h1-6,8-13H. The maximum atomic E-state index is 6.27. The van der Waals surface area contributed by atoms with E-state index in [1.54, 1.807) is 0 Å². The van der Waals surface area contributed by atoms with Gasteiger partial charge in [-0.1, -0.05) is 54.1 Å². The molecule has 0 spiro atoms. The maximum Gasteiger partial charge on any atom is 0.135 e. The van der Waals surface area contributed by atoms with Gasteiger partial charge in [0.15, 0.2) is 0 Å². The molecule has 0 bridgehead atoms. The number of para-hydroxylation sites is 1. The monoisotopic (exact) mass is 279 g/mol. The predicted octanol–water partition coefficient (Wildman–Crippen LogP) is 5.60. The van der Waals surface area contributed by atoms with Gasteiger partial charge in [-0.3, -0.25) is 0 Å². The minimum atomic E-state index is 0.705. The van der Waals surface area contributed by atoms with Gasteiger partial charge in [0.1, 0.15) is 11.5 Å². The molecule has 0 fully saturated rings. The van der Waals surface area contributed by atoms with E-state index in [1.807, 2.05) is 72.8 Å². The minimum absolute atomic E-state index is 0.705. The molecule has 0 heterocycles. The van der Waals surface area contributed by atoms with E-state index in [0.717, 1.165) is 22.6 Å². The van der Waals surface area contributed by atoms with Crippen LogP contribution in [-0.4, -0.2) is 0 Å². The molecule has 1 nitrogen and oxygen atoms in total. The number of ether oxygens (including phenoxy) is 1. The molecule has 1 radical (unpaired) electrons. The molecule has 20 heavy (non-hydrogen) atoms. The molecule has 0 aliphatic carbocycles. The molecule has 0 aliphatic rings. The lowest BCUT2D eigenvalue weighted by Crippen LogP contribution is -1.88. The first kappa shape index (κ1) is 12.8. The number of hydrogen-bond donors (Lipinski definition) is 0. The molecule has 0 aromatic heterocycles. The number of hydrogen-bond acceptors (Lipinski definition) is 1. The van der Waals surface area contributed by atoms with Crippen LogP contribution in [0.4, 0.5) is 0 Å². The zero-order valence-electron chi connectivity index (χ0n) is 10.7. The van der Waals surface area contributed by atoms with Crippen molar-refractivity contribution in [3.63, 3.8) is 0 Å². The summed E-state index contributed by atoms with van der Waals surface area (Å²) in [5, 5.41) is 0.705. The number of benzene rings is 3. The highest BCUT2D eigenvalue weighted by Gasteiger charge is 2.09. The highest BCUT2D eigenvalue weighted by molar-refractivity contribution is 6.33. The van der Waals surface area contributed by atoms with Crippen molar-refractivity contribution in [2.45, 2.75) is 0 Å². The first-order valence-corrected chi connectivity index (χ1v) is 6.70. The van der Waals surface area contributed by atoms with E-state index in [1.165, 1.54) is 0 Å². The molecule has 0 amide bonds. The Balaban J connectivity index is 2.03.